The Bertz CT molecular complexity index is 449. The molecule has 1 aromatic heterocycles. The van der Waals surface area contributed by atoms with Crippen LogP contribution < -0.4 is 10.6 Å². The van der Waals surface area contributed by atoms with Gasteiger partial charge in [-0.1, -0.05) is 6.07 Å². The fraction of sp³-hybridized carbons (Fsp3) is 0.643. The minimum absolute atomic E-state index is 0. The molecule has 1 unspecified atom stereocenters. The number of rotatable bonds is 7. The zero-order valence-electron chi connectivity index (χ0n) is 13.5. The van der Waals surface area contributed by atoms with E-state index in [1.165, 1.54) is 4.88 Å². The largest absolute Gasteiger partial charge is 0.390 e. The Kier molecular flexibility index (Phi) is 10.8. The standard InChI is InChI=1S/C14H23F3N4S.HI/c1-4-18-13(19-8-7-14(15,16)17)20-10-11(21(2)3)12-6-5-9-22-12;/h5-6,9,11H,4,7-8,10H2,1-3H3,(H2,18,19,20);1H. The summed E-state index contributed by atoms with van der Waals surface area (Å²) in [7, 11) is 3.92. The predicted molar refractivity (Wildman–Crippen MR) is 101 cm³/mol. The number of nitrogens with zero attached hydrogens (tertiary/aromatic N) is 2. The lowest BCUT2D eigenvalue weighted by Gasteiger charge is -2.22. The molecule has 0 amide bonds. The van der Waals surface area contributed by atoms with Crippen LogP contribution in [-0.2, 0) is 0 Å². The molecule has 23 heavy (non-hydrogen) atoms. The molecule has 0 aliphatic rings. The highest BCUT2D eigenvalue weighted by atomic mass is 127. The van der Waals surface area contributed by atoms with Gasteiger partial charge in [-0.15, -0.1) is 35.3 Å². The molecule has 0 spiro atoms. The Morgan fingerprint density at radius 2 is 2.04 bits per heavy atom. The monoisotopic (exact) mass is 464 g/mol. The molecule has 0 saturated carbocycles. The van der Waals surface area contributed by atoms with Gasteiger partial charge in [0.2, 0.25) is 0 Å². The quantitative estimate of drug-likeness (QED) is 0.369. The van der Waals surface area contributed by atoms with Crippen molar-refractivity contribution in [2.75, 3.05) is 33.7 Å². The Hall–Kier alpha value is -0.550. The highest BCUT2D eigenvalue weighted by Gasteiger charge is 2.26. The molecule has 1 atom stereocenters. The van der Waals surface area contributed by atoms with Gasteiger partial charge in [0.1, 0.15) is 0 Å². The number of aliphatic imine (C=N–C) groups is 1. The lowest BCUT2D eigenvalue weighted by atomic mass is 10.2. The number of likely N-dealkylation sites (N-methyl/N-ethyl adjacent to an activating group) is 1. The summed E-state index contributed by atoms with van der Waals surface area (Å²) < 4.78 is 36.6. The van der Waals surface area contributed by atoms with E-state index < -0.39 is 12.6 Å². The molecule has 4 nitrogen and oxygen atoms in total. The second-order valence-electron chi connectivity index (χ2n) is 5.01. The number of alkyl halides is 3. The van der Waals surface area contributed by atoms with E-state index in [9.17, 15) is 13.2 Å². The molecule has 9 heteroatoms. The highest BCUT2D eigenvalue weighted by Crippen LogP contribution is 2.23. The number of hydrogen-bond acceptors (Lipinski definition) is 3. The Morgan fingerprint density at radius 1 is 1.35 bits per heavy atom. The molecule has 1 rings (SSSR count). The van der Waals surface area contributed by atoms with Crippen molar-refractivity contribution in [2.45, 2.75) is 25.6 Å². The molecule has 1 aromatic rings. The molecular formula is C14H24F3IN4S. The fourth-order valence-corrected chi connectivity index (χ4v) is 2.74. The average molecular weight is 464 g/mol. The molecule has 134 valence electrons. The fourth-order valence-electron chi connectivity index (χ4n) is 1.83. The Balaban J connectivity index is 0.00000484. The van der Waals surface area contributed by atoms with Crippen molar-refractivity contribution in [2.24, 2.45) is 4.99 Å². The normalized spacial score (nSPS) is 13.6. The summed E-state index contributed by atoms with van der Waals surface area (Å²) in [4.78, 5) is 7.63. The molecule has 2 N–H and O–H groups in total. The molecule has 0 aliphatic carbocycles. The van der Waals surface area contributed by atoms with Crippen LogP contribution in [0.4, 0.5) is 13.2 Å². The first-order valence-electron chi connectivity index (χ1n) is 7.12. The van der Waals surface area contributed by atoms with E-state index in [0.29, 0.717) is 19.0 Å². The summed E-state index contributed by atoms with van der Waals surface area (Å²) in [5.41, 5.74) is 0. The molecule has 0 saturated heterocycles. The van der Waals surface area contributed by atoms with Gasteiger partial charge in [-0.25, -0.2) is 0 Å². The van der Waals surface area contributed by atoms with Crippen molar-refractivity contribution in [1.29, 1.82) is 0 Å². The topological polar surface area (TPSA) is 39.7 Å². The third kappa shape index (κ3) is 9.36. The van der Waals surface area contributed by atoms with Crippen LogP contribution in [0.25, 0.3) is 0 Å². The summed E-state index contributed by atoms with van der Waals surface area (Å²) >= 11 is 1.65. The number of guanidine groups is 1. The van der Waals surface area contributed by atoms with E-state index >= 15 is 0 Å². The van der Waals surface area contributed by atoms with Gasteiger partial charge in [0.05, 0.1) is 19.0 Å². The lowest BCUT2D eigenvalue weighted by molar-refractivity contribution is -0.132. The van der Waals surface area contributed by atoms with Gasteiger partial charge in [0.15, 0.2) is 5.96 Å². The number of nitrogens with one attached hydrogen (secondary N) is 2. The van der Waals surface area contributed by atoms with Crippen molar-refractivity contribution >= 4 is 41.3 Å². The van der Waals surface area contributed by atoms with Crippen molar-refractivity contribution in [3.8, 4) is 0 Å². The van der Waals surface area contributed by atoms with Crippen LogP contribution in [0.15, 0.2) is 22.5 Å². The molecule has 0 fully saturated rings. The smallest absolute Gasteiger partial charge is 0.357 e. The van der Waals surface area contributed by atoms with Gasteiger partial charge in [0.25, 0.3) is 0 Å². The van der Waals surface area contributed by atoms with E-state index in [4.69, 9.17) is 0 Å². The highest BCUT2D eigenvalue weighted by molar-refractivity contribution is 14.0. The van der Waals surface area contributed by atoms with Gasteiger partial charge in [-0.3, -0.25) is 4.99 Å². The van der Waals surface area contributed by atoms with Gasteiger partial charge in [0, 0.05) is 18.0 Å². The maximum atomic E-state index is 12.2. The first-order valence-corrected chi connectivity index (χ1v) is 8.00. The summed E-state index contributed by atoms with van der Waals surface area (Å²) in [6.45, 7) is 2.78. The SMILES string of the molecule is CCNC(=NCC(c1cccs1)N(C)C)NCCC(F)(F)F.I. The molecule has 0 aromatic carbocycles. The van der Waals surface area contributed by atoms with Crippen LogP contribution in [0.5, 0.6) is 0 Å². The van der Waals surface area contributed by atoms with Crippen LogP contribution in [0.2, 0.25) is 0 Å². The third-order valence-corrected chi connectivity index (χ3v) is 3.94. The average Bonchev–Trinajstić information content (AvgIpc) is 2.90. The third-order valence-electron chi connectivity index (χ3n) is 2.96. The van der Waals surface area contributed by atoms with E-state index in [1.54, 1.807) is 11.3 Å². The van der Waals surface area contributed by atoms with Crippen LogP contribution in [0.1, 0.15) is 24.3 Å². The number of hydrogen-bond donors (Lipinski definition) is 2. The number of thiophene rings is 1. The molecule has 1 heterocycles. The van der Waals surface area contributed by atoms with Crippen molar-refractivity contribution in [3.05, 3.63) is 22.4 Å². The minimum Gasteiger partial charge on any atom is -0.357 e. The second kappa shape index (κ2) is 11.1. The molecular weight excluding hydrogens is 440 g/mol. The first kappa shape index (κ1) is 22.4. The lowest BCUT2D eigenvalue weighted by Crippen LogP contribution is -2.39. The van der Waals surface area contributed by atoms with Crippen LogP contribution in [0.3, 0.4) is 0 Å². The van der Waals surface area contributed by atoms with E-state index in [-0.39, 0.29) is 36.6 Å². The van der Waals surface area contributed by atoms with Crippen molar-refractivity contribution in [1.82, 2.24) is 15.5 Å². The predicted octanol–water partition coefficient (Wildman–Crippen LogP) is 3.48. The summed E-state index contributed by atoms with van der Waals surface area (Å²) in [6, 6.07) is 4.13. The van der Waals surface area contributed by atoms with Gasteiger partial charge in [-0.2, -0.15) is 13.2 Å². The van der Waals surface area contributed by atoms with E-state index in [1.807, 2.05) is 38.5 Å². The first-order chi connectivity index (χ1) is 10.3. The number of halogens is 4. The maximum absolute atomic E-state index is 12.2. The molecule has 0 radical (unpaired) electrons. The van der Waals surface area contributed by atoms with Gasteiger partial charge in [-0.05, 0) is 32.5 Å². The summed E-state index contributed by atoms with van der Waals surface area (Å²) in [5, 5.41) is 7.69. The van der Waals surface area contributed by atoms with Crippen LogP contribution in [0, 0.1) is 0 Å². The van der Waals surface area contributed by atoms with Crippen LogP contribution >= 0.6 is 35.3 Å². The summed E-state index contributed by atoms with van der Waals surface area (Å²) in [5.74, 6) is 0.412. The van der Waals surface area contributed by atoms with E-state index in [2.05, 4.69) is 20.5 Å². The van der Waals surface area contributed by atoms with E-state index in [0.717, 1.165) is 0 Å². The second-order valence-corrected chi connectivity index (χ2v) is 5.99. The van der Waals surface area contributed by atoms with Crippen LogP contribution in [-0.4, -0.2) is 50.8 Å². The maximum Gasteiger partial charge on any atom is 0.390 e. The Morgan fingerprint density at radius 3 is 2.52 bits per heavy atom. The molecule has 0 aliphatic heterocycles. The van der Waals surface area contributed by atoms with Gasteiger partial charge < -0.3 is 15.5 Å². The Labute approximate surface area is 156 Å². The van der Waals surface area contributed by atoms with Gasteiger partial charge >= 0.3 is 6.18 Å². The summed E-state index contributed by atoms with van der Waals surface area (Å²) in [6.07, 6.45) is -5.03. The van der Waals surface area contributed by atoms with Crippen molar-refractivity contribution in [3.63, 3.8) is 0 Å². The molecule has 0 bridgehead atoms. The van der Waals surface area contributed by atoms with Crippen molar-refractivity contribution < 1.29 is 13.2 Å². The zero-order valence-corrected chi connectivity index (χ0v) is 16.6. The minimum atomic E-state index is -4.16. The zero-order chi connectivity index (χ0) is 16.6.